The Morgan fingerprint density at radius 3 is 2.67 bits per heavy atom. The van der Waals surface area contributed by atoms with Crippen molar-refractivity contribution in [2.24, 2.45) is 0 Å². The highest BCUT2D eigenvalue weighted by molar-refractivity contribution is 5.94. The summed E-state index contributed by atoms with van der Waals surface area (Å²) in [6.07, 6.45) is 1.45. The molecule has 2 N–H and O–H groups in total. The lowest BCUT2D eigenvalue weighted by atomic mass is 10.2. The van der Waals surface area contributed by atoms with Gasteiger partial charge in [-0.25, -0.2) is 4.79 Å². The van der Waals surface area contributed by atoms with Gasteiger partial charge in [-0.05, 0) is 25.1 Å². The number of aromatic nitrogens is 2. The fourth-order valence-corrected chi connectivity index (χ4v) is 1.77. The van der Waals surface area contributed by atoms with Gasteiger partial charge in [0, 0.05) is 6.20 Å². The molecule has 0 aliphatic carbocycles. The van der Waals surface area contributed by atoms with Gasteiger partial charge in [-0.2, -0.15) is 5.10 Å². The number of para-hydroxylation sites is 2. The quantitative estimate of drug-likeness (QED) is 0.875. The molecule has 7 heteroatoms. The Balaban J connectivity index is 2.13. The smallest absolute Gasteiger partial charge is 0.356 e. The highest BCUT2D eigenvalue weighted by atomic mass is 16.5. The second-order valence-electron chi connectivity index (χ2n) is 4.35. The third-order valence-electron chi connectivity index (χ3n) is 2.97. The van der Waals surface area contributed by atoms with E-state index < -0.39 is 12.0 Å². The Morgan fingerprint density at radius 1 is 1.33 bits per heavy atom. The summed E-state index contributed by atoms with van der Waals surface area (Å²) in [4.78, 5) is 23.0. The molecule has 0 bridgehead atoms. The molecule has 7 nitrogen and oxygen atoms in total. The number of nitrogens with zero attached hydrogens (tertiary/aromatic N) is 2. The largest absolute Gasteiger partial charge is 0.495 e. The van der Waals surface area contributed by atoms with Crippen molar-refractivity contribution in [1.29, 1.82) is 0 Å². The van der Waals surface area contributed by atoms with Gasteiger partial charge in [-0.1, -0.05) is 12.1 Å². The first-order valence-corrected chi connectivity index (χ1v) is 6.25. The van der Waals surface area contributed by atoms with Crippen molar-refractivity contribution in [3.05, 3.63) is 42.2 Å². The highest BCUT2D eigenvalue weighted by Crippen LogP contribution is 2.24. The predicted molar refractivity (Wildman–Crippen MR) is 75.5 cm³/mol. The summed E-state index contributed by atoms with van der Waals surface area (Å²) in [6, 6.07) is 7.72. The van der Waals surface area contributed by atoms with Crippen molar-refractivity contribution in [3.8, 4) is 5.75 Å². The van der Waals surface area contributed by atoms with E-state index in [4.69, 9.17) is 9.84 Å². The number of benzene rings is 1. The average molecular weight is 289 g/mol. The van der Waals surface area contributed by atoms with Gasteiger partial charge < -0.3 is 15.2 Å². The van der Waals surface area contributed by atoms with Gasteiger partial charge in [-0.15, -0.1) is 0 Å². The van der Waals surface area contributed by atoms with Crippen LogP contribution in [0.3, 0.4) is 0 Å². The number of rotatable bonds is 5. The third-order valence-corrected chi connectivity index (χ3v) is 2.97. The van der Waals surface area contributed by atoms with E-state index in [1.165, 1.54) is 24.1 Å². The van der Waals surface area contributed by atoms with Crippen molar-refractivity contribution >= 4 is 17.6 Å². The molecule has 1 aromatic carbocycles. The monoisotopic (exact) mass is 289 g/mol. The van der Waals surface area contributed by atoms with Crippen LogP contribution in [0.2, 0.25) is 0 Å². The lowest BCUT2D eigenvalue weighted by molar-refractivity contribution is -0.119. The van der Waals surface area contributed by atoms with Crippen LogP contribution in [-0.2, 0) is 4.79 Å². The molecule has 1 aromatic heterocycles. The van der Waals surface area contributed by atoms with Crippen LogP contribution in [0.1, 0.15) is 23.5 Å². The van der Waals surface area contributed by atoms with Gasteiger partial charge in [-0.3, -0.25) is 9.48 Å². The van der Waals surface area contributed by atoms with E-state index >= 15 is 0 Å². The van der Waals surface area contributed by atoms with E-state index in [0.29, 0.717) is 11.4 Å². The molecule has 110 valence electrons. The zero-order chi connectivity index (χ0) is 15.4. The molecule has 21 heavy (non-hydrogen) atoms. The molecule has 0 saturated heterocycles. The van der Waals surface area contributed by atoms with Crippen LogP contribution >= 0.6 is 0 Å². The molecule has 0 aliphatic heterocycles. The second-order valence-corrected chi connectivity index (χ2v) is 4.35. The van der Waals surface area contributed by atoms with Crippen molar-refractivity contribution in [2.45, 2.75) is 13.0 Å². The molecule has 0 aliphatic rings. The average Bonchev–Trinajstić information content (AvgIpc) is 2.97. The number of anilines is 1. The summed E-state index contributed by atoms with van der Waals surface area (Å²) in [6.45, 7) is 1.63. The normalized spacial score (nSPS) is 11.7. The molecule has 1 unspecified atom stereocenters. The van der Waals surface area contributed by atoms with E-state index in [1.54, 1.807) is 31.2 Å². The van der Waals surface area contributed by atoms with E-state index in [0.717, 1.165) is 0 Å². The number of amides is 1. The van der Waals surface area contributed by atoms with E-state index in [1.807, 2.05) is 0 Å². The maximum absolute atomic E-state index is 12.2. The Labute approximate surface area is 121 Å². The van der Waals surface area contributed by atoms with Crippen LogP contribution in [-0.4, -0.2) is 33.9 Å². The maximum atomic E-state index is 12.2. The van der Waals surface area contributed by atoms with Gasteiger partial charge in [0.25, 0.3) is 0 Å². The van der Waals surface area contributed by atoms with Crippen LogP contribution in [0.4, 0.5) is 5.69 Å². The first-order valence-electron chi connectivity index (χ1n) is 6.25. The van der Waals surface area contributed by atoms with Gasteiger partial charge in [0.15, 0.2) is 5.69 Å². The number of carbonyl (C=O) groups excluding carboxylic acids is 1. The van der Waals surface area contributed by atoms with Crippen molar-refractivity contribution in [2.75, 3.05) is 12.4 Å². The van der Waals surface area contributed by atoms with Crippen molar-refractivity contribution in [1.82, 2.24) is 9.78 Å². The van der Waals surface area contributed by atoms with Crippen molar-refractivity contribution < 1.29 is 19.4 Å². The number of aromatic carboxylic acids is 1. The fraction of sp³-hybridized carbons (Fsp3) is 0.214. The predicted octanol–water partition coefficient (Wildman–Crippen LogP) is 1.79. The molecule has 1 atom stereocenters. The number of carboxylic acids is 1. The summed E-state index contributed by atoms with van der Waals surface area (Å²) in [5, 5.41) is 15.4. The number of carboxylic acid groups (broad SMARTS) is 1. The Kier molecular flexibility index (Phi) is 4.22. The van der Waals surface area contributed by atoms with E-state index in [2.05, 4.69) is 10.4 Å². The summed E-state index contributed by atoms with van der Waals surface area (Å²) in [7, 11) is 1.51. The highest BCUT2D eigenvalue weighted by Gasteiger charge is 2.18. The summed E-state index contributed by atoms with van der Waals surface area (Å²) in [5.74, 6) is -0.907. The second kappa shape index (κ2) is 6.08. The number of nitrogens with one attached hydrogen (secondary N) is 1. The lowest BCUT2D eigenvalue weighted by Crippen LogP contribution is -2.24. The standard InChI is InChI=1S/C14H15N3O4/c1-9(17-8-7-11(16-17)14(19)20)13(18)15-10-5-3-4-6-12(10)21-2/h3-9H,1-2H3,(H,15,18)(H,19,20). The number of carbonyl (C=O) groups is 2. The zero-order valence-electron chi connectivity index (χ0n) is 11.6. The van der Waals surface area contributed by atoms with Crippen molar-refractivity contribution in [3.63, 3.8) is 0 Å². The van der Waals surface area contributed by atoms with Gasteiger partial charge in [0.05, 0.1) is 12.8 Å². The first-order chi connectivity index (χ1) is 10.0. The minimum Gasteiger partial charge on any atom is -0.495 e. The summed E-state index contributed by atoms with van der Waals surface area (Å²) < 4.78 is 6.45. The van der Waals surface area contributed by atoms with E-state index in [-0.39, 0.29) is 11.6 Å². The molecule has 0 fully saturated rings. The van der Waals surface area contributed by atoms with Crippen LogP contribution in [0, 0.1) is 0 Å². The van der Waals surface area contributed by atoms with Gasteiger partial charge >= 0.3 is 5.97 Å². The number of hydrogen-bond acceptors (Lipinski definition) is 4. The molecule has 1 heterocycles. The van der Waals surface area contributed by atoms with E-state index in [9.17, 15) is 9.59 Å². The molecular formula is C14H15N3O4. The van der Waals surface area contributed by atoms with Crippen LogP contribution in [0.25, 0.3) is 0 Å². The van der Waals surface area contributed by atoms with Gasteiger partial charge in [0.2, 0.25) is 5.91 Å². The number of hydrogen-bond donors (Lipinski definition) is 2. The molecule has 1 amide bonds. The number of methoxy groups -OCH3 is 1. The first kappa shape index (κ1) is 14.6. The minimum atomic E-state index is -1.13. The Bertz CT molecular complexity index is 666. The summed E-state index contributed by atoms with van der Waals surface area (Å²) in [5.41, 5.74) is 0.439. The Morgan fingerprint density at radius 2 is 2.05 bits per heavy atom. The molecular weight excluding hydrogens is 274 g/mol. The molecule has 0 spiro atoms. The topological polar surface area (TPSA) is 93.5 Å². The SMILES string of the molecule is COc1ccccc1NC(=O)C(C)n1ccc(C(=O)O)n1. The van der Waals surface area contributed by atoms with Crippen LogP contribution < -0.4 is 10.1 Å². The molecule has 2 rings (SSSR count). The lowest BCUT2D eigenvalue weighted by Gasteiger charge is -2.14. The Hall–Kier alpha value is -2.83. The van der Waals surface area contributed by atoms with Crippen LogP contribution in [0.15, 0.2) is 36.5 Å². The molecule has 0 saturated carbocycles. The minimum absolute atomic E-state index is 0.105. The number of ether oxygens (including phenoxy) is 1. The third kappa shape index (κ3) is 3.19. The maximum Gasteiger partial charge on any atom is 0.356 e. The fourth-order valence-electron chi connectivity index (χ4n) is 1.77. The zero-order valence-corrected chi connectivity index (χ0v) is 11.6. The van der Waals surface area contributed by atoms with Gasteiger partial charge in [0.1, 0.15) is 11.8 Å². The summed E-state index contributed by atoms with van der Waals surface area (Å²) >= 11 is 0. The molecule has 2 aromatic rings. The van der Waals surface area contributed by atoms with Crippen LogP contribution in [0.5, 0.6) is 5.75 Å². The molecule has 0 radical (unpaired) electrons.